The Morgan fingerprint density at radius 2 is 1.24 bits per heavy atom. The molecule has 11 rings (SSSR count). The standard InChI is InChI=1S/C45H62F4N2O11/c1-22-9-11-28-24(3)33(55-40-44(28)26(22)15-17-42(5,57-40)59-61-44)8-7-19-51(38-36(48)30(46)20-31(47)37(38)49)32(39(54)50-21-35(52)53)13-14-34-25(4)29-12-10-23(2)27-16-18-43(6)58-41(56-34)45(27,29)62-60-43/h20,22-29,32-34,40-41H,7-19,21H2,1-6H3,(H,50,54)(H,52,53)/t22-,23-,24-,25-,26?,27?,28?,29?,32?,33-,34-,40-,41-,42+,43+,44-,45-/m1/s1. The van der Waals surface area contributed by atoms with Gasteiger partial charge in [-0.3, -0.25) is 9.59 Å². The quantitative estimate of drug-likeness (QED) is 0.121. The van der Waals surface area contributed by atoms with Gasteiger partial charge in [-0.1, -0.05) is 27.7 Å². The lowest BCUT2D eigenvalue weighted by molar-refractivity contribution is -0.571. The van der Waals surface area contributed by atoms with Crippen molar-refractivity contribution in [3.63, 3.8) is 0 Å². The predicted octanol–water partition coefficient (Wildman–Crippen LogP) is 7.68. The number of carboxylic acid groups (broad SMARTS) is 1. The van der Waals surface area contributed by atoms with E-state index in [0.717, 1.165) is 43.4 Å². The summed E-state index contributed by atoms with van der Waals surface area (Å²) in [6, 6.07) is -1.35. The number of hydrogen-bond acceptors (Lipinski definition) is 11. The van der Waals surface area contributed by atoms with Crippen LogP contribution < -0.4 is 10.2 Å². The van der Waals surface area contributed by atoms with Crippen LogP contribution in [0.2, 0.25) is 0 Å². The molecule has 17 atom stereocenters. The average molecular weight is 883 g/mol. The molecule has 17 heteroatoms. The molecule has 10 aliphatic rings. The van der Waals surface area contributed by atoms with Crippen LogP contribution in [-0.4, -0.2) is 83.7 Å². The highest BCUT2D eigenvalue weighted by molar-refractivity contribution is 5.88. The van der Waals surface area contributed by atoms with E-state index in [1.54, 1.807) is 0 Å². The Morgan fingerprint density at radius 3 is 1.74 bits per heavy atom. The zero-order valence-electron chi connectivity index (χ0n) is 36.5. The van der Waals surface area contributed by atoms with Gasteiger partial charge in [-0.15, -0.1) is 0 Å². The Labute approximate surface area is 359 Å². The van der Waals surface area contributed by atoms with E-state index in [4.69, 9.17) is 38.5 Å². The summed E-state index contributed by atoms with van der Waals surface area (Å²) in [6.45, 7) is 11.2. The third-order valence-corrected chi connectivity index (χ3v) is 16.7. The van der Waals surface area contributed by atoms with E-state index in [-0.39, 0.29) is 67.4 Å². The van der Waals surface area contributed by atoms with Gasteiger partial charge in [-0.25, -0.2) is 37.1 Å². The second-order valence-corrected chi connectivity index (χ2v) is 20.2. The molecule has 346 valence electrons. The fourth-order valence-electron chi connectivity index (χ4n) is 13.3. The van der Waals surface area contributed by atoms with Gasteiger partial charge in [0.2, 0.25) is 17.5 Å². The summed E-state index contributed by atoms with van der Waals surface area (Å²) >= 11 is 0. The monoisotopic (exact) mass is 882 g/mol. The molecule has 2 spiro atoms. The first-order chi connectivity index (χ1) is 29.4. The first-order valence-electron chi connectivity index (χ1n) is 22.9. The summed E-state index contributed by atoms with van der Waals surface area (Å²) < 4.78 is 88.7. The van der Waals surface area contributed by atoms with Gasteiger partial charge in [0, 0.05) is 37.3 Å². The third kappa shape index (κ3) is 7.17. The van der Waals surface area contributed by atoms with Crippen molar-refractivity contribution >= 4 is 17.6 Å². The maximum Gasteiger partial charge on any atom is 0.322 e. The molecule has 1 aromatic rings. The number of carbonyl (C=O) groups is 2. The molecule has 4 bridgehead atoms. The number of amides is 1. The summed E-state index contributed by atoms with van der Waals surface area (Å²) in [7, 11) is 0. The molecule has 0 radical (unpaired) electrons. The van der Waals surface area contributed by atoms with Gasteiger partial charge in [0.15, 0.2) is 47.1 Å². The molecule has 2 N–H and O–H groups in total. The van der Waals surface area contributed by atoms with Crippen molar-refractivity contribution < 1.29 is 70.8 Å². The maximum absolute atomic E-state index is 16.0. The lowest BCUT2D eigenvalue weighted by Gasteiger charge is -2.60. The maximum atomic E-state index is 16.0. The zero-order valence-corrected chi connectivity index (χ0v) is 36.5. The van der Waals surface area contributed by atoms with E-state index in [0.29, 0.717) is 31.1 Å². The Bertz CT molecular complexity index is 1870. The van der Waals surface area contributed by atoms with E-state index in [1.165, 1.54) is 0 Å². The number of benzene rings is 1. The smallest absolute Gasteiger partial charge is 0.322 e. The van der Waals surface area contributed by atoms with E-state index >= 15 is 17.6 Å². The number of aliphatic carboxylic acids is 1. The number of halogens is 4. The number of hydrogen-bond donors (Lipinski definition) is 2. The van der Waals surface area contributed by atoms with Crippen molar-refractivity contribution in [1.82, 2.24) is 5.32 Å². The predicted molar refractivity (Wildman–Crippen MR) is 210 cm³/mol. The van der Waals surface area contributed by atoms with Crippen LogP contribution in [0.1, 0.15) is 119 Å². The topological polar surface area (TPSA) is 143 Å². The van der Waals surface area contributed by atoms with Crippen molar-refractivity contribution in [1.29, 1.82) is 0 Å². The molecule has 1 aromatic carbocycles. The Morgan fingerprint density at radius 1 is 0.742 bits per heavy atom. The largest absolute Gasteiger partial charge is 0.480 e. The molecule has 5 unspecified atom stereocenters. The van der Waals surface area contributed by atoms with E-state index in [9.17, 15) is 14.7 Å². The molecule has 8 saturated heterocycles. The number of nitrogens with zero attached hydrogens (tertiary/aromatic N) is 1. The van der Waals surface area contributed by atoms with Gasteiger partial charge in [0.25, 0.3) is 0 Å². The van der Waals surface area contributed by atoms with Gasteiger partial charge in [-0.05, 0) is 114 Å². The third-order valence-electron chi connectivity index (χ3n) is 16.7. The Kier molecular flexibility index (Phi) is 11.8. The van der Waals surface area contributed by atoms with E-state index in [2.05, 4.69) is 26.1 Å². The van der Waals surface area contributed by atoms with Crippen molar-refractivity contribution in [2.24, 2.45) is 47.3 Å². The van der Waals surface area contributed by atoms with E-state index in [1.807, 2.05) is 20.8 Å². The summed E-state index contributed by atoms with van der Waals surface area (Å²) in [6.07, 6.45) is 4.59. The number of anilines is 1. The van der Waals surface area contributed by atoms with Crippen LogP contribution in [-0.2, 0) is 48.1 Å². The lowest BCUT2D eigenvalue weighted by atomic mass is 9.57. The van der Waals surface area contributed by atoms with Crippen LogP contribution in [0.25, 0.3) is 0 Å². The number of carboxylic acids is 1. The molecule has 2 aliphatic carbocycles. The Balaban J connectivity index is 0.996. The molecule has 1 amide bonds. The number of ether oxygens (including phenoxy) is 4. The first-order valence-corrected chi connectivity index (χ1v) is 22.9. The van der Waals surface area contributed by atoms with Crippen LogP contribution in [0.4, 0.5) is 23.2 Å². The van der Waals surface area contributed by atoms with Crippen LogP contribution in [0.15, 0.2) is 6.07 Å². The van der Waals surface area contributed by atoms with Crippen LogP contribution >= 0.6 is 0 Å². The first kappa shape index (κ1) is 44.6. The van der Waals surface area contributed by atoms with E-state index < -0.39 is 101 Å². The molecule has 2 saturated carbocycles. The minimum Gasteiger partial charge on any atom is -0.480 e. The summed E-state index contributed by atoms with van der Waals surface area (Å²) in [5.74, 6) is -10.2. The summed E-state index contributed by atoms with van der Waals surface area (Å²) in [5, 5.41) is 11.9. The molecular formula is C45H62F4N2O11. The molecular weight excluding hydrogens is 820 g/mol. The molecule has 10 fully saturated rings. The average Bonchev–Trinajstić information content (AvgIpc) is 3.60. The van der Waals surface area contributed by atoms with Crippen LogP contribution in [0.5, 0.6) is 0 Å². The van der Waals surface area contributed by atoms with Crippen molar-refractivity contribution in [2.45, 2.75) is 172 Å². The van der Waals surface area contributed by atoms with Crippen LogP contribution in [0.3, 0.4) is 0 Å². The minimum absolute atomic E-state index is 0.0134. The number of nitrogens with one attached hydrogen (secondary N) is 1. The summed E-state index contributed by atoms with van der Waals surface area (Å²) in [5.41, 5.74) is -2.71. The molecule has 0 aromatic heterocycles. The molecule has 13 nitrogen and oxygen atoms in total. The fraction of sp³-hybridized carbons (Fsp3) is 0.822. The fourth-order valence-corrected chi connectivity index (χ4v) is 13.3. The van der Waals surface area contributed by atoms with Crippen molar-refractivity contribution in [3.8, 4) is 0 Å². The SMILES string of the molecule is C[C@@H]1CCC2[C@@H](C)[C@@H](CCCN(c3c(F)c(F)cc(F)c3F)C(CC[C@H]3O[C@@H]4O[C@]5(C)CCC6[C@H](C)CCC([C@H]3C)[C@]64OO5)C(=O)NCC(=O)O)O[C@@H]3O[C@]4(C)CCC1[C@@]23OO4. The molecule has 8 aliphatic heterocycles. The van der Waals surface area contributed by atoms with Gasteiger partial charge in [0.05, 0.1) is 12.2 Å². The zero-order chi connectivity index (χ0) is 44.1. The Hall–Kier alpha value is -2.64. The highest BCUT2D eigenvalue weighted by Gasteiger charge is 2.71. The van der Waals surface area contributed by atoms with Crippen LogP contribution in [0, 0.1) is 70.6 Å². The summed E-state index contributed by atoms with van der Waals surface area (Å²) in [4.78, 5) is 51.4. The number of carbonyl (C=O) groups excluding carboxylic acids is 1. The minimum atomic E-state index is -1.67. The second-order valence-electron chi connectivity index (χ2n) is 20.2. The molecule has 62 heavy (non-hydrogen) atoms. The van der Waals surface area contributed by atoms with Gasteiger partial charge in [0.1, 0.15) is 18.3 Å². The normalized spacial score (nSPS) is 44.7. The highest BCUT2D eigenvalue weighted by atomic mass is 19.2. The van der Waals surface area contributed by atoms with Gasteiger partial charge < -0.3 is 34.3 Å². The van der Waals surface area contributed by atoms with Gasteiger partial charge >= 0.3 is 5.97 Å². The van der Waals surface area contributed by atoms with Crippen molar-refractivity contribution in [3.05, 3.63) is 29.3 Å². The molecule has 8 heterocycles. The number of fused-ring (bicyclic) bond motifs is 4. The van der Waals surface area contributed by atoms with Gasteiger partial charge in [-0.2, -0.15) is 0 Å². The lowest BCUT2D eigenvalue weighted by Crippen LogP contribution is -2.70. The van der Waals surface area contributed by atoms with Crippen molar-refractivity contribution in [2.75, 3.05) is 18.0 Å². The number of rotatable bonds is 12. The second kappa shape index (κ2) is 16.4. The highest BCUT2D eigenvalue weighted by Crippen LogP contribution is 2.62.